The highest BCUT2D eigenvalue weighted by Crippen LogP contribution is 2.28. The number of aryl methyl sites for hydroxylation is 2. The van der Waals surface area contributed by atoms with Gasteiger partial charge >= 0.3 is 6.03 Å². The van der Waals surface area contributed by atoms with Crippen molar-refractivity contribution in [2.24, 2.45) is 7.05 Å². The second-order valence-corrected chi connectivity index (χ2v) is 6.09. The number of aromatic nitrogens is 2. The molecule has 2 amide bonds. The van der Waals surface area contributed by atoms with Gasteiger partial charge in [-0.2, -0.15) is 5.10 Å². The van der Waals surface area contributed by atoms with E-state index in [2.05, 4.69) is 40.0 Å². The molecule has 2 N–H and O–H groups in total. The van der Waals surface area contributed by atoms with Crippen LogP contribution < -0.4 is 10.6 Å². The van der Waals surface area contributed by atoms with Crippen molar-refractivity contribution in [3.8, 4) is 0 Å². The summed E-state index contributed by atoms with van der Waals surface area (Å²) in [5.41, 5.74) is 3.75. The number of hydrogen-bond acceptors (Lipinski definition) is 2. The first-order valence-corrected chi connectivity index (χ1v) is 8.33. The molecule has 1 unspecified atom stereocenters. The van der Waals surface area contributed by atoms with Gasteiger partial charge in [0.15, 0.2) is 0 Å². The van der Waals surface area contributed by atoms with Gasteiger partial charge in [-0.25, -0.2) is 4.79 Å². The fourth-order valence-corrected chi connectivity index (χ4v) is 3.23. The summed E-state index contributed by atoms with van der Waals surface area (Å²) in [5.74, 6) is 0. The smallest absolute Gasteiger partial charge is 0.315 e. The first-order valence-electron chi connectivity index (χ1n) is 8.33. The molecule has 3 rings (SSSR count). The minimum absolute atomic E-state index is 0.0890. The van der Waals surface area contributed by atoms with Crippen LogP contribution in [0.5, 0.6) is 0 Å². The van der Waals surface area contributed by atoms with Crippen molar-refractivity contribution in [2.45, 2.75) is 38.1 Å². The molecule has 0 saturated heterocycles. The molecule has 5 heteroatoms. The Kier molecular flexibility index (Phi) is 4.95. The van der Waals surface area contributed by atoms with Crippen molar-refractivity contribution in [2.75, 3.05) is 6.54 Å². The zero-order chi connectivity index (χ0) is 16.1. The number of hydrogen-bond donors (Lipinski definition) is 2. The summed E-state index contributed by atoms with van der Waals surface area (Å²) in [7, 11) is 1.91. The van der Waals surface area contributed by atoms with Gasteiger partial charge in [0.1, 0.15) is 0 Å². The predicted octanol–water partition coefficient (Wildman–Crippen LogP) is 2.73. The first-order chi connectivity index (χ1) is 11.2. The van der Waals surface area contributed by atoms with Gasteiger partial charge in [-0.15, -0.1) is 0 Å². The Morgan fingerprint density at radius 3 is 3.00 bits per heavy atom. The van der Waals surface area contributed by atoms with Crippen LogP contribution in [0.4, 0.5) is 4.79 Å². The van der Waals surface area contributed by atoms with Gasteiger partial charge in [-0.3, -0.25) is 4.68 Å². The maximum absolute atomic E-state index is 12.2. The minimum atomic E-state index is -0.0890. The third-order valence-corrected chi connectivity index (χ3v) is 4.51. The topological polar surface area (TPSA) is 59.0 Å². The number of benzene rings is 1. The van der Waals surface area contributed by atoms with Crippen LogP contribution in [-0.4, -0.2) is 22.4 Å². The van der Waals surface area contributed by atoms with E-state index in [1.807, 2.05) is 17.8 Å². The molecule has 0 fully saturated rings. The number of carbonyl (C=O) groups excluding carboxylic acids is 1. The van der Waals surface area contributed by atoms with Gasteiger partial charge in [0.25, 0.3) is 0 Å². The summed E-state index contributed by atoms with van der Waals surface area (Å²) in [6, 6.07) is 10.5. The number of carbonyl (C=O) groups is 1. The minimum Gasteiger partial charge on any atom is -0.338 e. The van der Waals surface area contributed by atoms with E-state index in [4.69, 9.17) is 0 Å². The van der Waals surface area contributed by atoms with Crippen LogP contribution in [0.25, 0.3) is 0 Å². The highest BCUT2D eigenvalue weighted by Gasteiger charge is 2.19. The van der Waals surface area contributed by atoms with Gasteiger partial charge in [-0.1, -0.05) is 30.7 Å². The normalized spacial score (nSPS) is 17.2. The van der Waals surface area contributed by atoms with Crippen molar-refractivity contribution in [1.29, 1.82) is 0 Å². The lowest BCUT2D eigenvalue weighted by Crippen LogP contribution is -2.39. The van der Waals surface area contributed by atoms with Crippen molar-refractivity contribution in [3.63, 3.8) is 0 Å². The van der Waals surface area contributed by atoms with E-state index in [0.29, 0.717) is 6.54 Å². The Balaban J connectivity index is 1.54. The lowest BCUT2D eigenvalue weighted by atomic mass is 9.99. The van der Waals surface area contributed by atoms with Crippen molar-refractivity contribution in [1.82, 2.24) is 20.4 Å². The molecular formula is C18H24N4O. The number of nitrogens with zero attached hydrogens (tertiary/aromatic N) is 2. The van der Waals surface area contributed by atoms with Gasteiger partial charge in [0.05, 0.1) is 6.04 Å². The monoisotopic (exact) mass is 312 g/mol. The van der Waals surface area contributed by atoms with Gasteiger partial charge in [0.2, 0.25) is 0 Å². The van der Waals surface area contributed by atoms with Crippen LogP contribution in [0.3, 0.4) is 0 Å². The number of fused-ring (bicyclic) bond motifs is 1. The predicted molar refractivity (Wildman–Crippen MR) is 90.2 cm³/mol. The highest BCUT2D eigenvalue weighted by atomic mass is 16.2. The Morgan fingerprint density at radius 2 is 2.17 bits per heavy atom. The van der Waals surface area contributed by atoms with Crippen LogP contribution >= 0.6 is 0 Å². The second kappa shape index (κ2) is 7.31. The SMILES string of the molecule is Cn1nccc1CCNC(=O)NC1CCCCc2ccccc21. The zero-order valence-corrected chi connectivity index (χ0v) is 13.6. The lowest BCUT2D eigenvalue weighted by molar-refractivity contribution is 0.236. The average molecular weight is 312 g/mol. The van der Waals surface area contributed by atoms with Crippen LogP contribution in [0.15, 0.2) is 36.5 Å². The molecule has 0 spiro atoms. The quantitative estimate of drug-likeness (QED) is 0.853. The summed E-state index contributed by atoms with van der Waals surface area (Å²) in [6.45, 7) is 0.611. The third kappa shape index (κ3) is 3.92. The lowest BCUT2D eigenvalue weighted by Gasteiger charge is -2.19. The number of rotatable bonds is 4. The third-order valence-electron chi connectivity index (χ3n) is 4.51. The van der Waals surface area contributed by atoms with Gasteiger partial charge < -0.3 is 10.6 Å². The number of amides is 2. The van der Waals surface area contributed by atoms with E-state index in [0.717, 1.165) is 31.4 Å². The first kappa shape index (κ1) is 15.6. The van der Waals surface area contributed by atoms with Crippen molar-refractivity contribution in [3.05, 3.63) is 53.3 Å². The zero-order valence-electron chi connectivity index (χ0n) is 13.6. The molecule has 1 heterocycles. The molecule has 122 valence electrons. The fraction of sp³-hybridized carbons (Fsp3) is 0.444. The number of nitrogens with one attached hydrogen (secondary N) is 2. The molecule has 1 atom stereocenters. The summed E-state index contributed by atoms with van der Waals surface area (Å²) in [6.07, 6.45) is 7.01. The Hall–Kier alpha value is -2.30. The molecular weight excluding hydrogens is 288 g/mol. The van der Waals surface area contributed by atoms with Crippen LogP contribution in [0.1, 0.15) is 42.1 Å². The van der Waals surface area contributed by atoms with Crippen LogP contribution in [-0.2, 0) is 19.9 Å². The standard InChI is InChI=1S/C18H24N4O/c1-22-15(11-13-20-22)10-12-19-18(23)21-17-9-5-3-7-14-6-2-4-8-16(14)17/h2,4,6,8,11,13,17H,3,5,7,9-10,12H2,1H3,(H2,19,21,23). The van der Waals surface area contributed by atoms with E-state index >= 15 is 0 Å². The molecule has 23 heavy (non-hydrogen) atoms. The van der Waals surface area contributed by atoms with E-state index in [9.17, 15) is 4.79 Å². The molecule has 0 aliphatic heterocycles. The maximum Gasteiger partial charge on any atom is 0.315 e. The Bertz CT molecular complexity index is 665. The van der Waals surface area contributed by atoms with Gasteiger partial charge in [0, 0.05) is 31.9 Å². The Labute approximate surface area is 137 Å². The van der Waals surface area contributed by atoms with E-state index in [1.165, 1.54) is 17.5 Å². The summed E-state index contributed by atoms with van der Waals surface area (Å²) < 4.78 is 1.83. The molecule has 1 aromatic carbocycles. The highest BCUT2D eigenvalue weighted by molar-refractivity contribution is 5.74. The largest absolute Gasteiger partial charge is 0.338 e. The van der Waals surface area contributed by atoms with Crippen molar-refractivity contribution < 1.29 is 4.79 Å². The van der Waals surface area contributed by atoms with E-state index < -0.39 is 0 Å². The molecule has 1 aliphatic carbocycles. The molecule has 0 bridgehead atoms. The molecule has 5 nitrogen and oxygen atoms in total. The number of urea groups is 1. The summed E-state index contributed by atoms with van der Waals surface area (Å²) in [4.78, 5) is 12.2. The molecule has 0 saturated carbocycles. The summed E-state index contributed by atoms with van der Waals surface area (Å²) in [5, 5.41) is 10.2. The summed E-state index contributed by atoms with van der Waals surface area (Å²) >= 11 is 0. The molecule has 1 aliphatic rings. The van der Waals surface area contributed by atoms with Crippen LogP contribution in [0, 0.1) is 0 Å². The second-order valence-electron chi connectivity index (χ2n) is 6.09. The van der Waals surface area contributed by atoms with Crippen LogP contribution in [0.2, 0.25) is 0 Å². The fourth-order valence-electron chi connectivity index (χ4n) is 3.23. The van der Waals surface area contributed by atoms with E-state index in [1.54, 1.807) is 6.20 Å². The molecule has 1 aromatic heterocycles. The van der Waals surface area contributed by atoms with Gasteiger partial charge in [-0.05, 0) is 36.5 Å². The Morgan fingerprint density at radius 1 is 1.30 bits per heavy atom. The van der Waals surface area contributed by atoms with E-state index in [-0.39, 0.29) is 12.1 Å². The molecule has 0 radical (unpaired) electrons. The van der Waals surface area contributed by atoms with Crippen molar-refractivity contribution >= 4 is 6.03 Å². The average Bonchev–Trinajstić information content (AvgIpc) is 2.85. The maximum atomic E-state index is 12.2. The molecule has 2 aromatic rings.